The molecule has 0 N–H and O–H groups in total. The summed E-state index contributed by atoms with van der Waals surface area (Å²) in [7, 11) is 0. The van der Waals surface area contributed by atoms with Gasteiger partial charge in [0.25, 0.3) is 0 Å². The summed E-state index contributed by atoms with van der Waals surface area (Å²) in [5.41, 5.74) is 3.03. The summed E-state index contributed by atoms with van der Waals surface area (Å²) in [5.74, 6) is 0.516. The van der Waals surface area contributed by atoms with Gasteiger partial charge in [-0.1, -0.05) is 11.2 Å². The number of hydrogen-bond donors (Lipinski definition) is 0. The van der Waals surface area contributed by atoms with Crippen molar-refractivity contribution in [2.24, 2.45) is 0 Å². The Morgan fingerprint density at radius 3 is 2.50 bits per heavy atom. The molecule has 0 saturated heterocycles. The molecular weight excluding hydrogens is 386 g/mol. The first-order valence-corrected chi connectivity index (χ1v) is 9.89. The van der Waals surface area contributed by atoms with Gasteiger partial charge >= 0.3 is 11.9 Å². The van der Waals surface area contributed by atoms with Crippen molar-refractivity contribution in [1.29, 1.82) is 0 Å². The number of esters is 2. The Balaban J connectivity index is 2.07. The van der Waals surface area contributed by atoms with Crippen molar-refractivity contribution in [3.05, 3.63) is 35.2 Å². The van der Waals surface area contributed by atoms with Crippen LogP contribution in [0.5, 0.6) is 0 Å². The maximum absolute atomic E-state index is 12.6. The first-order chi connectivity index (χ1) is 14.1. The molecule has 8 heteroatoms. The van der Waals surface area contributed by atoms with Crippen LogP contribution in [0.2, 0.25) is 0 Å². The molecule has 0 fully saturated rings. The zero-order chi connectivity index (χ0) is 22.1. The van der Waals surface area contributed by atoms with Crippen LogP contribution < -0.4 is 0 Å². The predicted octanol–water partition coefficient (Wildman–Crippen LogP) is 3.76. The van der Waals surface area contributed by atoms with Crippen LogP contribution in [0.4, 0.5) is 0 Å². The number of nitrogens with zero attached hydrogens (tertiary/aromatic N) is 3. The molecule has 0 aliphatic rings. The van der Waals surface area contributed by atoms with Gasteiger partial charge in [-0.25, -0.2) is 4.98 Å². The van der Waals surface area contributed by atoms with Crippen molar-refractivity contribution in [1.82, 2.24) is 14.7 Å². The van der Waals surface area contributed by atoms with Crippen molar-refractivity contribution >= 4 is 23.0 Å². The number of aromatic nitrogens is 3. The molecule has 0 unspecified atom stereocenters. The van der Waals surface area contributed by atoms with Crippen LogP contribution in [0.1, 0.15) is 44.7 Å². The number of ether oxygens (including phenoxy) is 2. The lowest BCUT2D eigenvalue weighted by atomic mass is 10.1. The molecule has 3 rings (SSSR count). The van der Waals surface area contributed by atoms with E-state index in [1.54, 1.807) is 18.4 Å². The van der Waals surface area contributed by atoms with E-state index in [-0.39, 0.29) is 24.9 Å². The first kappa shape index (κ1) is 21.5. The molecule has 30 heavy (non-hydrogen) atoms. The highest BCUT2D eigenvalue weighted by Gasteiger charge is 2.24. The van der Waals surface area contributed by atoms with Crippen molar-refractivity contribution in [2.45, 2.75) is 60.1 Å². The number of carbonyl (C=O) groups is 2. The molecule has 8 nitrogen and oxygen atoms in total. The third-order valence-electron chi connectivity index (χ3n) is 4.43. The number of aryl methyl sites for hydroxylation is 2. The number of carbonyl (C=O) groups excluding carboxylic acids is 2. The van der Waals surface area contributed by atoms with Gasteiger partial charge in [-0.15, -0.1) is 0 Å². The van der Waals surface area contributed by atoms with Crippen molar-refractivity contribution in [2.75, 3.05) is 6.61 Å². The second kappa shape index (κ2) is 8.30. The standard InChI is InChI=1S/C22H27N3O5/c1-7-28-18(26)11-15-8-9-17-16(10-15)23-21(20-13(2)24-30-14(20)3)25(17)12-19(27)29-22(4,5)6/h8-10H,7,11-12H2,1-6H3. The van der Waals surface area contributed by atoms with Gasteiger partial charge < -0.3 is 18.6 Å². The minimum atomic E-state index is -0.594. The lowest BCUT2D eigenvalue weighted by Crippen LogP contribution is -2.26. The Morgan fingerprint density at radius 2 is 1.90 bits per heavy atom. The molecule has 0 amide bonds. The Morgan fingerprint density at radius 1 is 1.17 bits per heavy atom. The van der Waals surface area contributed by atoms with Crippen molar-refractivity contribution in [3.63, 3.8) is 0 Å². The van der Waals surface area contributed by atoms with Gasteiger partial charge in [0.2, 0.25) is 0 Å². The van der Waals surface area contributed by atoms with Crippen LogP contribution in [0.25, 0.3) is 22.4 Å². The van der Waals surface area contributed by atoms with E-state index in [9.17, 15) is 9.59 Å². The number of hydrogen-bond acceptors (Lipinski definition) is 7. The predicted molar refractivity (Wildman–Crippen MR) is 111 cm³/mol. The van der Waals surface area contributed by atoms with Crippen LogP contribution >= 0.6 is 0 Å². The van der Waals surface area contributed by atoms with E-state index in [0.717, 1.165) is 16.6 Å². The van der Waals surface area contributed by atoms with Gasteiger partial charge in [0, 0.05) is 0 Å². The Labute approximate surface area is 175 Å². The van der Waals surface area contributed by atoms with Crippen molar-refractivity contribution in [3.8, 4) is 11.4 Å². The largest absolute Gasteiger partial charge is 0.466 e. The summed E-state index contributed by atoms with van der Waals surface area (Å²) in [6.07, 6.45) is 0.156. The fourth-order valence-corrected chi connectivity index (χ4v) is 3.32. The summed E-state index contributed by atoms with van der Waals surface area (Å²) < 4.78 is 17.6. The third kappa shape index (κ3) is 4.69. The SMILES string of the molecule is CCOC(=O)Cc1ccc2c(c1)nc(-c1c(C)noc1C)n2CC(=O)OC(C)(C)C. The van der Waals surface area contributed by atoms with E-state index in [4.69, 9.17) is 19.0 Å². The topological polar surface area (TPSA) is 96.5 Å². The Bertz CT molecular complexity index is 1070. The summed E-state index contributed by atoms with van der Waals surface area (Å²) in [5, 5.41) is 4.01. The van der Waals surface area contributed by atoms with Gasteiger partial charge in [0.1, 0.15) is 23.7 Å². The Kier molecular flexibility index (Phi) is 5.96. The quantitative estimate of drug-likeness (QED) is 0.568. The Hall–Kier alpha value is -3.16. The summed E-state index contributed by atoms with van der Waals surface area (Å²) in [4.78, 5) is 29.2. The molecule has 1 aromatic carbocycles. The normalized spacial score (nSPS) is 11.7. The maximum atomic E-state index is 12.6. The molecule has 160 valence electrons. The molecule has 0 aliphatic heterocycles. The number of fused-ring (bicyclic) bond motifs is 1. The van der Waals surface area contributed by atoms with Crippen LogP contribution in [-0.2, 0) is 32.0 Å². The van der Waals surface area contributed by atoms with Gasteiger partial charge in [-0.2, -0.15) is 0 Å². The van der Waals surface area contributed by atoms with Gasteiger partial charge in [-0.05, 0) is 59.2 Å². The zero-order valence-corrected chi connectivity index (χ0v) is 18.2. The molecule has 3 aromatic rings. The molecule has 0 spiro atoms. The number of rotatable bonds is 6. The summed E-state index contributed by atoms with van der Waals surface area (Å²) in [6.45, 7) is 11.2. The van der Waals surface area contributed by atoms with Crippen LogP contribution in [0.15, 0.2) is 22.7 Å². The first-order valence-electron chi connectivity index (χ1n) is 9.89. The van der Waals surface area contributed by atoms with Crippen molar-refractivity contribution < 1.29 is 23.6 Å². The second-order valence-electron chi connectivity index (χ2n) is 8.11. The van der Waals surface area contributed by atoms with Crippen LogP contribution in [-0.4, -0.2) is 38.9 Å². The average molecular weight is 413 g/mol. The van der Waals surface area contributed by atoms with Crippen LogP contribution in [0, 0.1) is 13.8 Å². The molecule has 0 aliphatic carbocycles. The number of imidazole rings is 1. The smallest absolute Gasteiger partial charge is 0.326 e. The van der Waals surface area contributed by atoms with E-state index in [2.05, 4.69) is 5.16 Å². The van der Waals surface area contributed by atoms with Crippen LogP contribution in [0.3, 0.4) is 0 Å². The molecule has 0 bridgehead atoms. The molecule has 0 atom stereocenters. The molecular formula is C22H27N3O5. The molecule has 2 aromatic heterocycles. The number of benzene rings is 1. The molecule has 0 saturated carbocycles. The fraction of sp³-hybridized carbons (Fsp3) is 0.455. The summed E-state index contributed by atoms with van der Waals surface area (Å²) in [6, 6.07) is 5.52. The van der Waals surface area contributed by atoms with E-state index >= 15 is 0 Å². The molecule has 0 radical (unpaired) electrons. The highest BCUT2D eigenvalue weighted by atomic mass is 16.6. The maximum Gasteiger partial charge on any atom is 0.326 e. The summed E-state index contributed by atoms with van der Waals surface area (Å²) >= 11 is 0. The van der Waals surface area contributed by atoms with Gasteiger partial charge in [0.15, 0.2) is 0 Å². The van der Waals surface area contributed by atoms with E-state index in [0.29, 0.717) is 29.4 Å². The average Bonchev–Trinajstić information content (AvgIpc) is 3.12. The zero-order valence-electron chi connectivity index (χ0n) is 18.2. The monoisotopic (exact) mass is 413 g/mol. The fourth-order valence-electron chi connectivity index (χ4n) is 3.32. The van der Waals surface area contributed by atoms with Gasteiger partial charge in [-0.3, -0.25) is 9.59 Å². The molecule has 2 heterocycles. The minimum absolute atomic E-state index is 0.00954. The lowest BCUT2D eigenvalue weighted by Gasteiger charge is -2.20. The minimum Gasteiger partial charge on any atom is -0.466 e. The van der Waals surface area contributed by atoms with E-state index in [1.165, 1.54) is 0 Å². The third-order valence-corrected chi connectivity index (χ3v) is 4.43. The highest BCUT2D eigenvalue weighted by Crippen LogP contribution is 2.30. The lowest BCUT2D eigenvalue weighted by molar-refractivity contribution is -0.155. The second-order valence-corrected chi connectivity index (χ2v) is 8.11. The highest BCUT2D eigenvalue weighted by molar-refractivity contribution is 5.85. The van der Waals surface area contributed by atoms with E-state index in [1.807, 2.05) is 45.9 Å². The van der Waals surface area contributed by atoms with Gasteiger partial charge in [0.05, 0.1) is 35.3 Å². The van der Waals surface area contributed by atoms with E-state index < -0.39 is 5.60 Å².